The third-order valence-corrected chi connectivity index (χ3v) is 1.34. The van der Waals surface area contributed by atoms with E-state index in [0.717, 1.165) is 11.5 Å². The van der Waals surface area contributed by atoms with E-state index in [2.05, 4.69) is 16.5 Å². The molecular weight excluding hydrogens is 160 g/mol. The Morgan fingerprint density at radius 1 is 1.73 bits per heavy atom. The van der Waals surface area contributed by atoms with Gasteiger partial charge in [-0.3, -0.25) is 0 Å². The first-order valence-electron chi connectivity index (χ1n) is 3.30. The summed E-state index contributed by atoms with van der Waals surface area (Å²) in [6.07, 6.45) is 2.34. The van der Waals surface area contributed by atoms with Crippen molar-refractivity contribution in [2.45, 2.75) is 13.3 Å². The lowest BCUT2D eigenvalue weighted by Gasteiger charge is -1.97. The summed E-state index contributed by atoms with van der Waals surface area (Å²) in [5.41, 5.74) is 0.914. The molecule has 0 atom stereocenters. The van der Waals surface area contributed by atoms with Crippen molar-refractivity contribution in [3.8, 4) is 0 Å². The van der Waals surface area contributed by atoms with Crippen molar-refractivity contribution in [2.75, 3.05) is 0 Å². The minimum Gasteiger partial charge on any atom is -0.242 e. The molecule has 1 aromatic heterocycles. The van der Waals surface area contributed by atoms with E-state index in [4.69, 9.17) is 11.6 Å². The molecule has 0 aliphatic heterocycles. The smallest absolute Gasteiger partial charge is 0.125 e. The molecule has 0 saturated heterocycles. The van der Waals surface area contributed by atoms with Gasteiger partial charge in [-0.05, 0) is 13.0 Å². The normalized spacial score (nSPS) is 9.64. The van der Waals surface area contributed by atoms with Gasteiger partial charge in [0.1, 0.15) is 5.82 Å². The first-order valence-corrected chi connectivity index (χ1v) is 3.68. The molecule has 1 rings (SSSR count). The molecular formula is C8H9ClN2. The standard InChI is InChI=1S/C8H9ClN2/c1-6(9)5-8-3-4-10-7(2)11-8/h3-4H,1,5H2,2H3. The number of nitrogens with zero attached hydrogens (tertiary/aromatic N) is 2. The second-order valence-corrected chi connectivity index (χ2v) is 2.82. The van der Waals surface area contributed by atoms with Gasteiger partial charge in [-0.15, -0.1) is 0 Å². The van der Waals surface area contributed by atoms with Crippen molar-refractivity contribution in [1.29, 1.82) is 0 Å². The topological polar surface area (TPSA) is 25.8 Å². The van der Waals surface area contributed by atoms with E-state index >= 15 is 0 Å². The minimum absolute atomic E-state index is 0.600. The number of rotatable bonds is 2. The summed E-state index contributed by atoms with van der Waals surface area (Å²) in [7, 11) is 0. The largest absolute Gasteiger partial charge is 0.242 e. The van der Waals surface area contributed by atoms with Crippen LogP contribution in [-0.2, 0) is 6.42 Å². The number of aryl methyl sites for hydroxylation is 1. The molecule has 0 aliphatic carbocycles. The molecule has 1 heterocycles. The van der Waals surface area contributed by atoms with Crippen molar-refractivity contribution in [1.82, 2.24) is 9.97 Å². The molecule has 0 amide bonds. The number of allylic oxidation sites excluding steroid dienone is 1. The Hall–Kier alpha value is -0.890. The van der Waals surface area contributed by atoms with E-state index < -0.39 is 0 Å². The number of hydrogen-bond donors (Lipinski definition) is 0. The first-order chi connectivity index (χ1) is 5.18. The zero-order chi connectivity index (χ0) is 8.27. The molecule has 58 valence electrons. The highest BCUT2D eigenvalue weighted by molar-refractivity contribution is 6.29. The predicted octanol–water partition coefficient (Wildman–Crippen LogP) is 2.08. The Labute approximate surface area is 70.9 Å². The van der Waals surface area contributed by atoms with Crippen molar-refractivity contribution in [3.05, 3.63) is 35.4 Å². The number of hydrogen-bond acceptors (Lipinski definition) is 2. The Bertz CT molecular complexity index is 271. The highest BCUT2D eigenvalue weighted by Gasteiger charge is 1.95. The van der Waals surface area contributed by atoms with Crippen LogP contribution in [0.4, 0.5) is 0 Å². The van der Waals surface area contributed by atoms with Crippen LogP contribution < -0.4 is 0 Å². The van der Waals surface area contributed by atoms with Gasteiger partial charge in [0.15, 0.2) is 0 Å². The van der Waals surface area contributed by atoms with Gasteiger partial charge in [-0.1, -0.05) is 18.2 Å². The van der Waals surface area contributed by atoms with E-state index in [1.165, 1.54) is 0 Å². The maximum absolute atomic E-state index is 5.61. The quantitative estimate of drug-likeness (QED) is 0.676. The lowest BCUT2D eigenvalue weighted by molar-refractivity contribution is 0.976. The Balaban J connectivity index is 2.79. The molecule has 0 N–H and O–H groups in total. The molecule has 0 unspecified atom stereocenters. The Morgan fingerprint density at radius 3 is 3.00 bits per heavy atom. The molecule has 1 aromatic rings. The van der Waals surface area contributed by atoms with Crippen LogP contribution in [0.25, 0.3) is 0 Å². The minimum atomic E-state index is 0.600. The molecule has 0 radical (unpaired) electrons. The van der Waals surface area contributed by atoms with Crippen LogP contribution in [0, 0.1) is 6.92 Å². The van der Waals surface area contributed by atoms with Gasteiger partial charge in [0.05, 0.1) is 0 Å². The van der Waals surface area contributed by atoms with Crippen LogP contribution in [0.5, 0.6) is 0 Å². The van der Waals surface area contributed by atoms with Gasteiger partial charge < -0.3 is 0 Å². The van der Waals surface area contributed by atoms with Gasteiger partial charge >= 0.3 is 0 Å². The third-order valence-electron chi connectivity index (χ3n) is 1.21. The molecule has 0 fully saturated rings. The van der Waals surface area contributed by atoms with Crippen molar-refractivity contribution in [2.24, 2.45) is 0 Å². The predicted molar refractivity (Wildman–Crippen MR) is 45.5 cm³/mol. The first kappa shape index (κ1) is 8.21. The maximum atomic E-state index is 5.61. The van der Waals surface area contributed by atoms with Crippen LogP contribution in [0.15, 0.2) is 23.9 Å². The fourth-order valence-electron chi connectivity index (χ4n) is 0.800. The van der Waals surface area contributed by atoms with Crippen molar-refractivity contribution in [3.63, 3.8) is 0 Å². The van der Waals surface area contributed by atoms with Crippen molar-refractivity contribution >= 4 is 11.6 Å². The van der Waals surface area contributed by atoms with Crippen LogP contribution >= 0.6 is 11.6 Å². The summed E-state index contributed by atoms with van der Waals surface area (Å²) in [6.45, 7) is 5.43. The van der Waals surface area contributed by atoms with Crippen molar-refractivity contribution < 1.29 is 0 Å². The van der Waals surface area contributed by atoms with Gasteiger partial charge in [0.2, 0.25) is 0 Å². The molecule has 0 spiro atoms. The van der Waals surface area contributed by atoms with Crippen LogP contribution in [-0.4, -0.2) is 9.97 Å². The van der Waals surface area contributed by atoms with E-state index in [1.807, 2.05) is 13.0 Å². The summed E-state index contributed by atoms with van der Waals surface area (Å²) < 4.78 is 0. The monoisotopic (exact) mass is 168 g/mol. The SMILES string of the molecule is C=C(Cl)Cc1ccnc(C)n1. The number of halogens is 1. The Morgan fingerprint density at radius 2 is 2.45 bits per heavy atom. The highest BCUT2D eigenvalue weighted by atomic mass is 35.5. The van der Waals surface area contributed by atoms with Gasteiger partial charge in [0, 0.05) is 23.3 Å². The molecule has 0 aromatic carbocycles. The molecule has 3 heteroatoms. The molecule has 11 heavy (non-hydrogen) atoms. The molecule has 0 bridgehead atoms. The van der Waals surface area contributed by atoms with E-state index in [0.29, 0.717) is 11.5 Å². The lowest BCUT2D eigenvalue weighted by atomic mass is 10.3. The zero-order valence-electron chi connectivity index (χ0n) is 6.34. The van der Waals surface area contributed by atoms with Crippen LogP contribution in [0.1, 0.15) is 11.5 Å². The summed E-state index contributed by atoms with van der Waals surface area (Å²) in [6, 6.07) is 1.83. The highest BCUT2D eigenvalue weighted by Crippen LogP contribution is 2.06. The summed E-state index contributed by atoms with van der Waals surface area (Å²) >= 11 is 5.61. The Kier molecular flexibility index (Phi) is 2.60. The van der Waals surface area contributed by atoms with Crippen LogP contribution in [0.3, 0.4) is 0 Å². The summed E-state index contributed by atoms with van der Waals surface area (Å²) in [5, 5.41) is 0.600. The average Bonchev–Trinajstić information content (AvgIpc) is 1.85. The molecule has 0 aliphatic rings. The van der Waals surface area contributed by atoms with Crippen LogP contribution in [0.2, 0.25) is 0 Å². The maximum Gasteiger partial charge on any atom is 0.125 e. The van der Waals surface area contributed by atoms with Gasteiger partial charge in [-0.2, -0.15) is 0 Å². The molecule has 0 saturated carbocycles. The fourth-order valence-corrected chi connectivity index (χ4v) is 0.937. The molecule has 2 nitrogen and oxygen atoms in total. The average molecular weight is 169 g/mol. The lowest BCUT2D eigenvalue weighted by Crippen LogP contribution is -1.93. The third kappa shape index (κ3) is 2.68. The van der Waals surface area contributed by atoms with Gasteiger partial charge in [-0.25, -0.2) is 9.97 Å². The second-order valence-electron chi connectivity index (χ2n) is 2.29. The van der Waals surface area contributed by atoms with E-state index in [-0.39, 0.29) is 0 Å². The van der Waals surface area contributed by atoms with E-state index in [9.17, 15) is 0 Å². The number of aromatic nitrogens is 2. The fraction of sp³-hybridized carbons (Fsp3) is 0.250. The zero-order valence-corrected chi connectivity index (χ0v) is 7.10. The van der Waals surface area contributed by atoms with Gasteiger partial charge in [0.25, 0.3) is 0 Å². The van der Waals surface area contributed by atoms with E-state index in [1.54, 1.807) is 6.20 Å². The second kappa shape index (κ2) is 3.49. The summed E-state index contributed by atoms with van der Waals surface area (Å²) in [4.78, 5) is 8.12. The summed E-state index contributed by atoms with van der Waals surface area (Å²) in [5.74, 6) is 0.764.